The first-order chi connectivity index (χ1) is 4.89. The zero-order valence-electron chi connectivity index (χ0n) is 5.64. The molecule has 1 N–H and O–H groups in total. The van der Waals surface area contributed by atoms with E-state index >= 15 is 0 Å². The summed E-state index contributed by atoms with van der Waals surface area (Å²) in [6.45, 7) is 0.124. The van der Waals surface area contributed by atoms with E-state index in [2.05, 4.69) is 0 Å². The van der Waals surface area contributed by atoms with Gasteiger partial charge in [0.15, 0.2) is 0 Å². The molecule has 0 rings (SSSR count). The normalized spacial score (nSPS) is 10.7. The van der Waals surface area contributed by atoms with Crippen LogP contribution < -0.4 is 0 Å². The zero-order valence-corrected chi connectivity index (χ0v) is 6.46. The minimum Gasteiger partial charge on any atom is -0.289 e. The Morgan fingerprint density at radius 3 is 2.18 bits per heavy atom. The SMILES string of the molecule is CC(=O)N(C[C]=O)S(=O)(=O)O. The first kappa shape index (κ1) is 10.0. The minimum absolute atomic E-state index is 0. The van der Waals surface area contributed by atoms with Gasteiger partial charge in [-0.25, -0.2) is 4.31 Å². The molecule has 0 saturated heterocycles. The van der Waals surface area contributed by atoms with Crippen molar-refractivity contribution < 1.29 is 22.6 Å². The highest BCUT2D eigenvalue weighted by Gasteiger charge is 2.20. The summed E-state index contributed by atoms with van der Waals surface area (Å²) in [5, 5.41) is 0. The molecule has 0 aliphatic heterocycles. The molecule has 1 amide bonds. The lowest BCUT2D eigenvalue weighted by Crippen LogP contribution is -2.35. The third-order valence-corrected chi connectivity index (χ3v) is 1.78. The van der Waals surface area contributed by atoms with Crippen LogP contribution in [0.4, 0.5) is 0 Å². The fourth-order valence-corrected chi connectivity index (χ4v) is 0.955. The van der Waals surface area contributed by atoms with Crippen LogP contribution in [0.1, 0.15) is 6.92 Å². The van der Waals surface area contributed by atoms with E-state index in [-0.39, 0.29) is 4.31 Å². The van der Waals surface area contributed by atoms with Crippen molar-refractivity contribution in [1.29, 1.82) is 0 Å². The Hall–Kier alpha value is -0.950. The maximum atomic E-state index is 10.4. The third kappa shape index (κ3) is 3.10. The highest BCUT2D eigenvalue weighted by atomic mass is 32.2. The van der Waals surface area contributed by atoms with Crippen molar-refractivity contribution in [2.45, 2.75) is 6.92 Å². The molecule has 0 aromatic heterocycles. The van der Waals surface area contributed by atoms with Crippen LogP contribution in [0.25, 0.3) is 0 Å². The molecule has 0 aliphatic carbocycles. The molecule has 0 unspecified atom stereocenters. The highest BCUT2D eigenvalue weighted by Crippen LogP contribution is 1.95. The molecule has 0 aromatic rings. The van der Waals surface area contributed by atoms with Gasteiger partial charge in [-0.05, 0) is 0 Å². The van der Waals surface area contributed by atoms with Gasteiger partial charge in [0.1, 0.15) is 6.54 Å². The molecule has 0 bridgehead atoms. The zero-order chi connectivity index (χ0) is 9.07. The lowest BCUT2D eigenvalue weighted by Gasteiger charge is -2.11. The second kappa shape index (κ2) is 3.44. The Balaban J connectivity index is 4.62. The van der Waals surface area contributed by atoms with Gasteiger partial charge in [-0.2, -0.15) is 8.42 Å². The smallest absolute Gasteiger partial charge is 0.289 e. The molecule has 0 heterocycles. The largest absolute Gasteiger partial charge is 0.362 e. The predicted octanol–water partition coefficient (Wildman–Crippen LogP) is -1.25. The second-order valence-corrected chi connectivity index (χ2v) is 2.98. The summed E-state index contributed by atoms with van der Waals surface area (Å²) in [6.07, 6.45) is 1.17. The van der Waals surface area contributed by atoms with E-state index in [0.717, 1.165) is 6.92 Å². The van der Waals surface area contributed by atoms with E-state index in [0.29, 0.717) is 0 Å². The standard InChI is InChI=1S/C4H6NO5S/c1-4(7)5(2-3-6)11(8,9)10/h2H2,1H3,(H,8,9,10). The molecule has 6 nitrogen and oxygen atoms in total. The molecule has 0 fully saturated rings. The average Bonchev–Trinajstić information content (AvgIpc) is 1.79. The van der Waals surface area contributed by atoms with Gasteiger partial charge in [0, 0.05) is 6.92 Å². The number of amides is 1. The molecule has 63 valence electrons. The van der Waals surface area contributed by atoms with E-state index in [1.165, 1.54) is 6.29 Å². The van der Waals surface area contributed by atoms with Crippen LogP contribution in [0, 0.1) is 0 Å². The Bertz CT molecular complexity index is 256. The van der Waals surface area contributed by atoms with Gasteiger partial charge in [-0.3, -0.25) is 14.1 Å². The molecule has 11 heavy (non-hydrogen) atoms. The van der Waals surface area contributed by atoms with Crippen LogP contribution in [-0.2, 0) is 19.9 Å². The van der Waals surface area contributed by atoms with E-state index < -0.39 is 22.8 Å². The summed E-state index contributed by atoms with van der Waals surface area (Å²) < 4.78 is 28.8. The summed E-state index contributed by atoms with van der Waals surface area (Å²) in [5.41, 5.74) is 0. The van der Waals surface area contributed by atoms with E-state index in [1.54, 1.807) is 0 Å². The van der Waals surface area contributed by atoms with Crippen molar-refractivity contribution >= 4 is 22.5 Å². The predicted molar refractivity (Wildman–Crippen MR) is 34.6 cm³/mol. The first-order valence-corrected chi connectivity index (χ1v) is 3.90. The molecular formula is C4H6NO5S. The van der Waals surface area contributed by atoms with Crippen LogP contribution in [0.15, 0.2) is 0 Å². The van der Waals surface area contributed by atoms with Crippen LogP contribution in [0.3, 0.4) is 0 Å². The van der Waals surface area contributed by atoms with E-state index in [1.807, 2.05) is 0 Å². The number of carbonyl (C=O) groups excluding carboxylic acids is 2. The molecule has 1 radical (unpaired) electrons. The maximum absolute atomic E-state index is 10.4. The number of hydrogen-bond donors (Lipinski definition) is 1. The van der Waals surface area contributed by atoms with Crippen LogP contribution in [0.5, 0.6) is 0 Å². The molecule has 0 spiro atoms. The van der Waals surface area contributed by atoms with Crippen molar-refractivity contribution in [1.82, 2.24) is 4.31 Å². The number of hydrogen-bond acceptors (Lipinski definition) is 4. The van der Waals surface area contributed by atoms with Gasteiger partial charge < -0.3 is 0 Å². The molecular weight excluding hydrogens is 174 g/mol. The van der Waals surface area contributed by atoms with Gasteiger partial charge in [-0.1, -0.05) is 0 Å². The van der Waals surface area contributed by atoms with E-state index in [9.17, 15) is 18.0 Å². The van der Waals surface area contributed by atoms with Gasteiger partial charge in [0.2, 0.25) is 12.2 Å². The molecule has 0 aliphatic rings. The topological polar surface area (TPSA) is 91.8 Å². The minimum atomic E-state index is -4.61. The summed E-state index contributed by atoms with van der Waals surface area (Å²) in [7, 11) is -4.61. The van der Waals surface area contributed by atoms with Crippen molar-refractivity contribution in [3.63, 3.8) is 0 Å². The van der Waals surface area contributed by atoms with E-state index in [4.69, 9.17) is 4.55 Å². The number of nitrogens with zero attached hydrogens (tertiary/aromatic N) is 1. The lowest BCUT2D eigenvalue weighted by molar-refractivity contribution is -0.124. The number of carbonyl (C=O) groups is 1. The Labute approximate surface area is 63.7 Å². The van der Waals surface area contributed by atoms with Crippen molar-refractivity contribution in [3.05, 3.63) is 0 Å². The Kier molecular flexibility index (Phi) is 3.15. The third-order valence-electron chi connectivity index (χ3n) is 0.838. The first-order valence-electron chi connectivity index (χ1n) is 2.50. The summed E-state index contributed by atoms with van der Waals surface area (Å²) in [5.74, 6) is -0.934. The molecule has 7 heteroatoms. The lowest BCUT2D eigenvalue weighted by atomic mass is 10.6. The van der Waals surface area contributed by atoms with Crippen LogP contribution >= 0.6 is 0 Å². The highest BCUT2D eigenvalue weighted by molar-refractivity contribution is 7.84. The molecule has 0 aromatic carbocycles. The fraction of sp³-hybridized carbons (Fsp3) is 0.500. The Morgan fingerprint density at radius 2 is 2.09 bits per heavy atom. The Morgan fingerprint density at radius 1 is 1.64 bits per heavy atom. The quantitative estimate of drug-likeness (QED) is 0.548. The summed E-state index contributed by atoms with van der Waals surface area (Å²) in [6, 6.07) is 0. The average molecular weight is 180 g/mol. The van der Waals surface area contributed by atoms with Gasteiger partial charge in [-0.15, -0.1) is 0 Å². The van der Waals surface area contributed by atoms with Crippen molar-refractivity contribution in [3.8, 4) is 0 Å². The summed E-state index contributed by atoms with van der Waals surface area (Å²) >= 11 is 0. The van der Waals surface area contributed by atoms with Crippen LogP contribution in [0.2, 0.25) is 0 Å². The molecule has 0 atom stereocenters. The molecule has 0 saturated carbocycles. The van der Waals surface area contributed by atoms with Gasteiger partial charge in [0.25, 0.3) is 0 Å². The van der Waals surface area contributed by atoms with Crippen molar-refractivity contribution in [2.24, 2.45) is 0 Å². The fourth-order valence-electron chi connectivity index (χ4n) is 0.414. The number of rotatable bonds is 3. The van der Waals surface area contributed by atoms with Gasteiger partial charge in [0.05, 0.1) is 0 Å². The van der Waals surface area contributed by atoms with Crippen molar-refractivity contribution in [2.75, 3.05) is 6.54 Å². The monoisotopic (exact) mass is 180 g/mol. The van der Waals surface area contributed by atoms with Gasteiger partial charge >= 0.3 is 10.3 Å². The summed E-state index contributed by atoms with van der Waals surface area (Å²) in [4.78, 5) is 20.1. The van der Waals surface area contributed by atoms with Crippen LogP contribution in [-0.4, -0.2) is 36.0 Å². The second-order valence-electron chi connectivity index (χ2n) is 1.65. The maximum Gasteiger partial charge on any atom is 0.362 e.